The topological polar surface area (TPSA) is 64.6 Å². The van der Waals surface area contributed by atoms with Crippen LogP contribution in [-0.2, 0) is 25.5 Å². The zero-order valence-corrected chi connectivity index (χ0v) is 12.2. The molecule has 1 rings (SSSR count). The number of carbonyl (C=O) groups is 2. The summed E-state index contributed by atoms with van der Waals surface area (Å²) in [4.78, 5) is 23.1. The van der Waals surface area contributed by atoms with Gasteiger partial charge < -0.3 is 14.8 Å². The second kappa shape index (κ2) is 9.07. The molecule has 0 aliphatic carbocycles. The van der Waals surface area contributed by atoms with Gasteiger partial charge in [-0.1, -0.05) is 19.1 Å². The number of halogens is 1. The number of carbonyl (C=O) groups excluding carboxylic acids is 2. The summed E-state index contributed by atoms with van der Waals surface area (Å²) in [6.07, 6.45) is 0.363. The molecule has 0 aromatic heterocycles. The molecule has 0 saturated heterocycles. The van der Waals surface area contributed by atoms with Gasteiger partial charge in [0.25, 0.3) is 5.91 Å². The number of rotatable bonds is 8. The first-order valence-electron chi connectivity index (χ1n) is 6.69. The lowest BCUT2D eigenvalue weighted by Gasteiger charge is -2.11. The summed E-state index contributed by atoms with van der Waals surface area (Å²) in [7, 11) is 1.53. The smallest absolute Gasteiger partial charge is 0.309 e. The number of ether oxygens (including phenoxy) is 2. The first kappa shape index (κ1) is 17.1. The van der Waals surface area contributed by atoms with Crippen molar-refractivity contribution in [1.82, 2.24) is 5.32 Å². The summed E-state index contributed by atoms with van der Waals surface area (Å²) >= 11 is 0. The Morgan fingerprint density at radius 2 is 2.14 bits per heavy atom. The molecular weight excluding hydrogens is 277 g/mol. The molecule has 0 saturated carbocycles. The number of hydrogen-bond donors (Lipinski definition) is 1. The number of nitrogens with one attached hydrogen (secondary N) is 1. The van der Waals surface area contributed by atoms with Crippen LogP contribution in [0.3, 0.4) is 0 Å². The predicted molar refractivity (Wildman–Crippen MR) is 75.1 cm³/mol. The Balaban J connectivity index is 2.32. The van der Waals surface area contributed by atoms with E-state index in [9.17, 15) is 14.0 Å². The molecule has 116 valence electrons. The Labute approximate surface area is 123 Å². The molecule has 0 bridgehead atoms. The van der Waals surface area contributed by atoms with E-state index in [1.165, 1.54) is 19.2 Å². The van der Waals surface area contributed by atoms with E-state index in [1.807, 2.05) is 0 Å². The third kappa shape index (κ3) is 6.85. The van der Waals surface area contributed by atoms with E-state index in [-0.39, 0.29) is 18.3 Å². The molecule has 5 nitrogen and oxygen atoms in total. The van der Waals surface area contributed by atoms with Crippen molar-refractivity contribution in [2.24, 2.45) is 5.92 Å². The maximum absolute atomic E-state index is 13.0. The minimum Gasteiger partial charge on any atom is -0.455 e. The second-order valence-corrected chi connectivity index (χ2v) is 4.69. The van der Waals surface area contributed by atoms with Crippen LogP contribution in [0.5, 0.6) is 0 Å². The average Bonchev–Trinajstić information content (AvgIpc) is 2.45. The third-order valence-corrected chi connectivity index (χ3v) is 2.81. The highest BCUT2D eigenvalue weighted by Crippen LogP contribution is 2.11. The zero-order chi connectivity index (χ0) is 15.7. The Morgan fingerprint density at radius 1 is 1.38 bits per heavy atom. The van der Waals surface area contributed by atoms with E-state index < -0.39 is 11.9 Å². The molecule has 1 aromatic carbocycles. The Bertz CT molecular complexity index is 478. The van der Waals surface area contributed by atoms with Crippen molar-refractivity contribution >= 4 is 11.9 Å². The third-order valence-electron chi connectivity index (χ3n) is 2.81. The Kier molecular flexibility index (Phi) is 7.39. The van der Waals surface area contributed by atoms with Crippen LogP contribution in [0, 0.1) is 11.7 Å². The normalized spacial score (nSPS) is 11.8. The zero-order valence-electron chi connectivity index (χ0n) is 12.2. The van der Waals surface area contributed by atoms with Gasteiger partial charge in [0.15, 0.2) is 6.61 Å². The molecule has 1 amide bonds. The van der Waals surface area contributed by atoms with Crippen LogP contribution in [0.4, 0.5) is 4.39 Å². The van der Waals surface area contributed by atoms with Crippen molar-refractivity contribution in [2.45, 2.75) is 13.3 Å². The highest BCUT2D eigenvalue weighted by atomic mass is 19.1. The number of hydrogen-bond acceptors (Lipinski definition) is 4. The van der Waals surface area contributed by atoms with E-state index in [0.717, 1.165) is 0 Å². The molecule has 0 radical (unpaired) electrons. The summed E-state index contributed by atoms with van der Waals surface area (Å²) < 4.78 is 22.7. The van der Waals surface area contributed by atoms with Crippen LogP contribution in [0.2, 0.25) is 0 Å². The Morgan fingerprint density at radius 3 is 2.81 bits per heavy atom. The van der Waals surface area contributed by atoms with Gasteiger partial charge in [-0.15, -0.1) is 0 Å². The molecule has 6 heteroatoms. The fourth-order valence-electron chi connectivity index (χ4n) is 1.72. The molecular formula is C15H20FNO4. The van der Waals surface area contributed by atoms with Gasteiger partial charge in [0.1, 0.15) is 5.82 Å². The van der Waals surface area contributed by atoms with Crippen LogP contribution in [0.25, 0.3) is 0 Å². The lowest BCUT2D eigenvalue weighted by atomic mass is 10.0. The molecule has 1 N–H and O–H groups in total. The van der Waals surface area contributed by atoms with Crippen LogP contribution >= 0.6 is 0 Å². The monoisotopic (exact) mass is 297 g/mol. The van der Waals surface area contributed by atoms with Gasteiger partial charge in [-0.2, -0.15) is 0 Å². The van der Waals surface area contributed by atoms with Gasteiger partial charge in [0.2, 0.25) is 0 Å². The van der Waals surface area contributed by atoms with Crippen molar-refractivity contribution in [1.29, 1.82) is 0 Å². The van der Waals surface area contributed by atoms with E-state index in [4.69, 9.17) is 9.47 Å². The summed E-state index contributed by atoms with van der Waals surface area (Å²) in [6.45, 7) is 2.12. The first-order valence-corrected chi connectivity index (χ1v) is 6.69. The molecule has 21 heavy (non-hydrogen) atoms. The molecule has 1 aromatic rings. The summed E-state index contributed by atoms with van der Waals surface area (Å²) in [5.41, 5.74) is 0.712. The van der Waals surface area contributed by atoms with Crippen LogP contribution in [-0.4, -0.2) is 38.7 Å². The van der Waals surface area contributed by atoms with E-state index in [1.54, 1.807) is 19.1 Å². The van der Waals surface area contributed by atoms with Gasteiger partial charge in [-0.05, 0) is 24.1 Å². The van der Waals surface area contributed by atoms with Gasteiger partial charge in [-0.25, -0.2) is 4.39 Å². The van der Waals surface area contributed by atoms with E-state index >= 15 is 0 Å². The fourth-order valence-corrected chi connectivity index (χ4v) is 1.72. The quantitative estimate of drug-likeness (QED) is 0.580. The molecule has 0 fully saturated rings. The minimum absolute atomic E-state index is 0.323. The minimum atomic E-state index is -0.485. The van der Waals surface area contributed by atoms with Crippen molar-refractivity contribution in [3.63, 3.8) is 0 Å². The second-order valence-electron chi connectivity index (χ2n) is 4.69. The predicted octanol–water partition coefficient (Wildman–Crippen LogP) is 1.31. The molecule has 0 aliphatic rings. The van der Waals surface area contributed by atoms with Crippen LogP contribution in [0.15, 0.2) is 24.3 Å². The lowest BCUT2D eigenvalue weighted by Crippen LogP contribution is -2.32. The summed E-state index contributed by atoms with van der Waals surface area (Å²) in [6, 6.07) is 6.05. The lowest BCUT2D eigenvalue weighted by molar-refractivity contribution is -0.152. The van der Waals surface area contributed by atoms with Crippen molar-refractivity contribution < 1.29 is 23.5 Å². The molecule has 1 unspecified atom stereocenters. The van der Waals surface area contributed by atoms with Crippen LogP contribution in [0.1, 0.15) is 12.5 Å². The van der Waals surface area contributed by atoms with E-state index in [2.05, 4.69) is 5.32 Å². The fraction of sp³-hybridized carbons (Fsp3) is 0.467. The van der Waals surface area contributed by atoms with Crippen molar-refractivity contribution in [2.75, 3.05) is 26.9 Å². The van der Waals surface area contributed by atoms with Gasteiger partial charge in [0, 0.05) is 13.7 Å². The summed E-state index contributed by atoms with van der Waals surface area (Å²) in [5, 5.41) is 2.54. The number of methoxy groups -OCH3 is 1. The largest absolute Gasteiger partial charge is 0.455 e. The highest BCUT2D eigenvalue weighted by molar-refractivity contribution is 5.81. The number of amides is 1. The number of esters is 1. The maximum atomic E-state index is 13.0. The van der Waals surface area contributed by atoms with Gasteiger partial charge >= 0.3 is 5.97 Å². The molecule has 0 heterocycles. The Hall–Kier alpha value is -1.95. The molecule has 0 aliphatic heterocycles. The van der Waals surface area contributed by atoms with Crippen LogP contribution < -0.4 is 5.32 Å². The van der Waals surface area contributed by atoms with Crippen molar-refractivity contribution in [3.8, 4) is 0 Å². The average molecular weight is 297 g/mol. The van der Waals surface area contributed by atoms with Crippen molar-refractivity contribution in [3.05, 3.63) is 35.6 Å². The SMILES string of the molecule is COCCNC(=O)COC(=O)C(C)Cc1cccc(F)c1. The maximum Gasteiger partial charge on any atom is 0.309 e. The first-order chi connectivity index (χ1) is 10.0. The molecule has 1 atom stereocenters. The number of benzene rings is 1. The van der Waals surface area contributed by atoms with E-state index in [0.29, 0.717) is 25.1 Å². The standard InChI is InChI=1S/C15H20FNO4/c1-11(8-12-4-3-5-13(16)9-12)15(19)21-10-14(18)17-6-7-20-2/h3-5,9,11H,6-8,10H2,1-2H3,(H,17,18). The van der Waals surface area contributed by atoms with Gasteiger partial charge in [-0.3, -0.25) is 9.59 Å². The highest BCUT2D eigenvalue weighted by Gasteiger charge is 2.16. The molecule has 0 spiro atoms. The van der Waals surface area contributed by atoms with Gasteiger partial charge in [0.05, 0.1) is 12.5 Å². The summed E-state index contributed by atoms with van der Waals surface area (Å²) in [5.74, 6) is -1.65.